The van der Waals surface area contributed by atoms with E-state index in [1.165, 1.54) is 29.2 Å². The molecule has 1 heterocycles. The lowest BCUT2D eigenvalue weighted by molar-refractivity contribution is 0.0702. The summed E-state index contributed by atoms with van der Waals surface area (Å²) in [5.41, 5.74) is 0.850. The zero-order valence-corrected chi connectivity index (χ0v) is 12.2. The van der Waals surface area contributed by atoms with E-state index in [9.17, 15) is 9.18 Å². The molecule has 0 fully saturated rings. The van der Waals surface area contributed by atoms with Gasteiger partial charge in [0.25, 0.3) is 0 Å². The minimum Gasteiger partial charge on any atom is -0.477 e. The molecule has 0 bridgehead atoms. The first-order valence-electron chi connectivity index (χ1n) is 4.95. The third-order valence-corrected chi connectivity index (χ3v) is 5.19. The van der Waals surface area contributed by atoms with Crippen molar-refractivity contribution in [1.29, 1.82) is 0 Å². The Morgan fingerprint density at radius 1 is 1.50 bits per heavy atom. The van der Waals surface area contributed by atoms with Crippen molar-refractivity contribution >= 4 is 45.0 Å². The number of rotatable bonds is 4. The van der Waals surface area contributed by atoms with Crippen molar-refractivity contribution in [3.8, 4) is 0 Å². The second kappa shape index (κ2) is 5.86. The number of thiophene rings is 1. The Morgan fingerprint density at radius 2 is 2.28 bits per heavy atom. The fourth-order valence-corrected chi connectivity index (χ4v) is 3.78. The van der Waals surface area contributed by atoms with E-state index in [0.29, 0.717) is 15.1 Å². The van der Waals surface area contributed by atoms with Crippen LogP contribution in [0.5, 0.6) is 0 Å². The number of hydrogen-bond donors (Lipinski definition) is 1. The normalized spacial score (nSPS) is 10.6. The number of aromatic carboxylic acids is 1. The number of halogens is 2. The van der Waals surface area contributed by atoms with E-state index < -0.39 is 5.97 Å². The van der Waals surface area contributed by atoms with Crippen LogP contribution in [0.25, 0.3) is 0 Å². The van der Waals surface area contributed by atoms with Crippen LogP contribution in [-0.4, -0.2) is 11.1 Å². The first kappa shape index (κ1) is 13.6. The Morgan fingerprint density at radius 3 is 2.94 bits per heavy atom. The van der Waals surface area contributed by atoms with Crippen LogP contribution < -0.4 is 0 Å². The molecule has 6 heteroatoms. The molecular formula is C12H8BrFO2S2. The van der Waals surface area contributed by atoms with Gasteiger partial charge in [0.1, 0.15) is 10.7 Å². The highest BCUT2D eigenvalue weighted by Gasteiger charge is 2.09. The summed E-state index contributed by atoms with van der Waals surface area (Å²) in [4.78, 5) is 11.9. The summed E-state index contributed by atoms with van der Waals surface area (Å²) in [7, 11) is 0. The van der Waals surface area contributed by atoms with Crippen molar-refractivity contribution in [2.45, 2.75) is 10.6 Å². The highest BCUT2D eigenvalue weighted by molar-refractivity contribution is 9.10. The topological polar surface area (TPSA) is 37.3 Å². The van der Waals surface area contributed by atoms with E-state index in [1.807, 2.05) is 6.07 Å². The average molecular weight is 347 g/mol. The monoisotopic (exact) mass is 346 g/mol. The highest BCUT2D eigenvalue weighted by Crippen LogP contribution is 2.31. The molecule has 18 heavy (non-hydrogen) atoms. The largest absolute Gasteiger partial charge is 0.477 e. The van der Waals surface area contributed by atoms with Crippen LogP contribution in [0.4, 0.5) is 4.39 Å². The van der Waals surface area contributed by atoms with E-state index in [-0.39, 0.29) is 5.82 Å². The summed E-state index contributed by atoms with van der Waals surface area (Å²) in [6, 6.07) is 6.52. The number of carbonyl (C=O) groups is 1. The zero-order chi connectivity index (χ0) is 13.1. The second-order valence-electron chi connectivity index (χ2n) is 3.45. The first-order chi connectivity index (χ1) is 8.58. The fourth-order valence-electron chi connectivity index (χ4n) is 1.33. The summed E-state index contributed by atoms with van der Waals surface area (Å²) in [5.74, 6) is -0.614. The zero-order valence-electron chi connectivity index (χ0n) is 9.02. The molecule has 0 aliphatic rings. The van der Waals surface area contributed by atoms with Gasteiger partial charge in [0.05, 0.1) is 4.47 Å². The minimum absolute atomic E-state index is 0.287. The van der Waals surface area contributed by atoms with Crippen molar-refractivity contribution in [3.63, 3.8) is 0 Å². The molecule has 1 N–H and O–H groups in total. The molecule has 0 amide bonds. The molecule has 0 atom stereocenters. The Kier molecular flexibility index (Phi) is 4.42. The average Bonchev–Trinajstić information content (AvgIpc) is 2.80. The Bertz CT molecular complexity index is 583. The lowest BCUT2D eigenvalue weighted by atomic mass is 10.2. The Balaban J connectivity index is 2.07. The van der Waals surface area contributed by atoms with Gasteiger partial charge < -0.3 is 5.11 Å². The van der Waals surface area contributed by atoms with Gasteiger partial charge in [0, 0.05) is 16.0 Å². The maximum Gasteiger partial charge on any atom is 0.345 e. The molecule has 0 aliphatic heterocycles. The molecule has 0 saturated carbocycles. The molecule has 94 valence electrons. The Labute approximate surface area is 120 Å². The van der Waals surface area contributed by atoms with Crippen molar-refractivity contribution in [3.05, 3.63) is 50.4 Å². The number of benzene rings is 1. The van der Waals surface area contributed by atoms with Gasteiger partial charge in [0.2, 0.25) is 0 Å². The SMILES string of the molecule is O=C(O)c1cc(SCc2cccc(F)c2Br)cs1. The molecule has 0 radical (unpaired) electrons. The van der Waals surface area contributed by atoms with Gasteiger partial charge in [-0.2, -0.15) is 0 Å². The van der Waals surface area contributed by atoms with Crippen molar-refractivity contribution in [2.75, 3.05) is 0 Å². The molecule has 2 aromatic rings. The molecule has 2 nitrogen and oxygen atoms in total. The van der Waals surface area contributed by atoms with Crippen LogP contribution in [0.15, 0.2) is 39.0 Å². The van der Waals surface area contributed by atoms with Gasteiger partial charge in [0.15, 0.2) is 0 Å². The van der Waals surface area contributed by atoms with Crippen LogP contribution in [0.2, 0.25) is 0 Å². The molecule has 0 saturated heterocycles. The van der Waals surface area contributed by atoms with Crippen molar-refractivity contribution in [2.24, 2.45) is 0 Å². The maximum atomic E-state index is 13.3. The maximum absolute atomic E-state index is 13.3. The van der Waals surface area contributed by atoms with Crippen LogP contribution in [0, 0.1) is 5.82 Å². The smallest absolute Gasteiger partial charge is 0.345 e. The summed E-state index contributed by atoms with van der Waals surface area (Å²) in [6.07, 6.45) is 0. The Hall–Kier alpha value is -0.850. The van der Waals surface area contributed by atoms with Gasteiger partial charge >= 0.3 is 5.97 Å². The van der Waals surface area contributed by atoms with Crippen LogP contribution in [-0.2, 0) is 5.75 Å². The second-order valence-corrected chi connectivity index (χ2v) is 6.21. The van der Waals surface area contributed by atoms with Gasteiger partial charge in [-0.15, -0.1) is 23.1 Å². The third kappa shape index (κ3) is 3.13. The third-order valence-electron chi connectivity index (χ3n) is 2.21. The number of thioether (sulfide) groups is 1. The molecule has 0 aliphatic carbocycles. The quantitative estimate of drug-likeness (QED) is 0.819. The minimum atomic E-state index is -0.918. The van der Waals surface area contributed by atoms with Crippen LogP contribution >= 0.6 is 39.0 Å². The van der Waals surface area contributed by atoms with Crippen molar-refractivity contribution in [1.82, 2.24) is 0 Å². The summed E-state index contributed by atoms with van der Waals surface area (Å²) in [6.45, 7) is 0. The first-order valence-corrected chi connectivity index (χ1v) is 7.61. The number of carboxylic acids is 1. The molecule has 0 unspecified atom stereocenters. The van der Waals surface area contributed by atoms with E-state index >= 15 is 0 Å². The fraction of sp³-hybridized carbons (Fsp3) is 0.0833. The van der Waals surface area contributed by atoms with Crippen molar-refractivity contribution < 1.29 is 14.3 Å². The summed E-state index contributed by atoms with van der Waals surface area (Å²) in [5, 5.41) is 10.6. The predicted molar refractivity (Wildman–Crippen MR) is 74.9 cm³/mol. The number of hydrogen-bond acceptors (Lipinski definition) is 3. The standard InChI is InChI=1S/C12H8BrFO2S2/c13-11-7(2-1-3-9(11)14)5-17-8-4-10(12(15)16)18-6-8/h1-4,6H,5H2,(H,15,16). The lowest BCUT2D eigenvalue weighted by Gasteiger charge is -2.03. The van der Waals surface area contributed by atoms with Crippen LogP contribution in [0.3, 0.4) is 0 Å². The van der Waals surface area contributed by atoms with E-state index in [2.05, 4.69) is 15.9 Å². The van der Waals surface area contributed by atoms with E-state index in [4.69, 9.17) is 5.11 Å². The molecular weight excluding hydrogens is 339 g/mol. The van der Waals surface area contributed by atoms with Gasteiger partial charge in [-0.1, -0.05) is 12.1 Å². The van der Waals surface area contributed by atoms with Gasteiger partial charge in [-0.3, -0.25) is 0 Å². The van der Waals surface area contributed by atoms with Crippen LogP contribution in [0.1, 0.15) is 15.2 Å². The lowest BCUT2D eigenvalue weighted by Crippen LogP contribution is -1.90. The predicted octanol–water partition coefficient (Wildman–Crippen LogP) is 4.64. The molecule has 1 aromatic heterocycles. The number of carboxylic acid groups (broad SMARTS) is 1. The van der Waals surface area contributed by atoms with E-state index in [0.717, 1.165) is 10.5 Å². The summed E-state index contributed by atoms with van der Waals surface area (Å²) >= 11 is 5.88. The van der Waals surface area contributed by atoms with E-state index in [1.54, 1.807) is 17.5 Å². The van der Waals surface area contributed by atoms with Gasteiger partial charge in [-0.05, 0) is 33.6 Å². The molecule has 2 rings (SSSR count). The molecule has 1 aromatic carbocycles. The molecule has 0 spiro atoms. The van der Waals surface area contributed by atoms with Gasteiger partial charge in [-0.25, -0.2) is 9.18 Å². The highest BCUT2D eigenvalue weighted by atomic mass is 79.9. The summed E-state index contributed by atoms with van der Waals surface area (Å²) < 4.78 is 13.7.